The number of hydrogen-bond acceptors (Lipinski definition) is 6. The van der Waals surface area contributed by atoms with Gasteiger partial charge in [0.1, 0.15) is 13.2 Å². The summed E-state index contributed by atoms with van der Waals surface area (Å²) < 4.78 is 16.8. The zero-order chi connectivity index (χ0) is 49.3. The van der Waals surface area contributed by atoms with Crippen LogP contribution in [0, 0.1) is 0 Å². The summed E-state index contributed by atoms with van der Waals surface area (Å²) in [6.45, 7) is 6.52. The summed E-state index contributed by atoms with van der Waals surface area (Å²) in [7, 11) is 0. The highest BCUT2D eigenvalue weighted by molar-refractivity contribution is 5.71. The number of carbonyl (C=O) groups excluding carboxylic acids is 3. The van der Waals surface area contributed by atoms with Crippen molar-refractivity contribution in [2.45, 2.75) is 316 Å². The summed E-state index contributed by atoms with van der Waals surface area (Å²) in [5, 5.41) is 0. The van der Waals surface area contributed by atoms with E-state index in [1.165, 1.54) is 186 Å². The maximum absolute atomic E-state index is 12.8. The fourth-order valence-electron chi connectivity index (χ4n) is 8.67. The summed E-state index contributed by atoms with van der Waals surface area (Å²) in [4.78, 5) is 38.1. The predicted octanol–water partition coefficient (Wildman–Crippen LogP) is 19.8. The van der Waals surface area contributed by atoms with E-state index in [1.54, 1.807) is 0 Å². The number of carbonyl (C=O) groups is 3. The first-order valence-corrected chi connectivity index (χ1v) is 29.6. The minimum atomic E-state index is -0.790. The molecule has 0 spiro atoms. The molecule has 0 fully saturated rings. The molecule has 0 rings (SSSR count). The van der Waals surface area contributed by atoms with Gasteiger partial charge in [0, 0.05) is 19.3 Å². The van der Waals surface area contributed by atoms with Crippen LogP contribution >= 0.6 is 0 Å². The van der Waals surface area contributed by atoms with Gasteiger partial charge in [-0.25, -0.2) is 0 Å². The van der Waals surface area contributed by atoms with Crippen molar-refractivity contribution < 1.29 is 28.6 Å². The number of allylic oxidation sites excluding steroid dienone is 8. The third kappa shape index (κ3) is 54.3. The lowest BCUT2D eigenvalue weighted by Crippen LogP contribution is -2.30. The van der Waals surface area contributed by atoms with Crippen LogP contribution < -0.4 is 0 Å². The number of ether oxygens (including phenoxy) is 3. The average Bonchev–Trinajstić information content (AvgIpc) is 3.34. The molecule has 0 aromatic heterocycles. The number of unbranched alkanes of at least 4 members (excludes halogenated alkanes) is 35. The van der Waals surface area contributed by atoms with Crippen LogP contribution in [0.2, 0.25) is 0 Å². The smallest absolute Gasteiger partial charge is 0.306 e. The molecule has 1 atom stereocenters. The third-order valence-electron chi connectivity index (χ3n) is 13.1. The van der Waals surface area contributed by atoms with Gasteiger partial charge in [0.25, 0.3) is 0 Å². The molecule has 0 aromatic carbocycles. The molecule has 0 aliphatic carbocycles. The van der Waals surface area contributed by atoms with E-state index in [9.17, 15) is 14.4 Å². The van der Waals surface area contributed by atoms with Crippen LogP contribution in [0.5, 0.6) is 0 Å². The van der Waals surface area contributed by atoms with Crippen molar-refractivity contribution in [2.24, 2.45) is 0 Å². The molecular formula is C62H112O6. The van der Waals surface area contributed by atoms with E-state index in [4.69, 9.17) is 14.2 Å². The van der Waals surface area contributed by atoms with Gasteiger partial charge in [0.2, 0.25) is 0 Å². The standard InChI is InChI=1S/C62H112O6/c1-4-7-10-13-16-19-22-24-26-27-28-29-30-31-32-33-34-36-37-40-43-46-49-52-55-61(64)67-58-59(57-66-60(63)54-51-48-45-42-39-21-18-15-12-9-6-3)68-62(65)56-53-50-47-44-41-38-35-25-23-20-17-14-11-8-5-2/h8,11,17,20,25,35,41,44,59H,4-7,9-10,12-16,18-19,21-24,26-34,36-40,42-43,45-58H2,1-3H3/b11-8-,20-17-,35-25-,44-41-. The van der Waals surface area contributed by atoms with Gasteiger partial charge < -0.3 is 14.2 Å². The summed E-state index contributed by atoms with van der Waals surface area (Å²) in [6, 6.07) is 0. The minimum Gasteiger partial charge on any atom is -0.462 e. The Morgan fingerprint density at radius 3 is 0.897 bits per heavy atom. The van der Waals surface area contributed by atoms with E-state index < -0.39 is 6.10 Å². The Bertz CT molecular complexity index is 1190. The van der Waals surface area contributed by atoms with Crippen LogP contribution in [0.3, 0.4) is 0 Å². The third-order valence-corrected chi connectivity index (χ3v) is 13.1. The largest absolute Gasteiger partial charge is 0.462 e. The van der Waals surface area contributed by atoms with E-state index in [0.29, 0.717) is 19.3 Å². The highest BCUT2D eigenvalue weighted by atomic mass is 16.6. The second-order valence-electron chi connectivity index (χ2n) is 19.9. The molecule has 0 aliphatic heterocycles. The molecule has 0 aromatic rings. The molecule has 396 valence electrons. The molecule has 68 heavy (non-hydrogen) atoms. The SMILES string of the molecule is CC/C=C\C/C=C\C/C=C\C/C=C\CCCCC(=O)OC(COC(=O)CCCCCCCCCCCCC)COC(=O)CCCCCCCCCCCCCCCCCCCCCCCCCC. The zero-order valence-electron chi connectivity index (χ0n) is 45.4. The van der Waals surface area contributed by atoms with Crippen LogP contribution in [0.15, 0.2) is 48.6 Å². The predicted molar refractivity (Wildman–Crippen MR) is 293 cm³/mol. The normalized spacial score (nSPS) is 12.3. The van der Waals surface area contributed by atoms with Crippen molar-refractivity contribution in [3.63, 3.8) is 0 Å². The molecule has 1 unspecified atom stereocenters. The van der Waals surface area contributed by atoms with Crippen LogP contribution in [0.25, 0.3) is 0 Å². The van der Waals surface area contributed by atoms with Crippen molar-refractivity contribution in [3.8, 4) is 0 Å². The molecule has 0 saturated carbocycles. The molecule has 0 heterocycles. The van der Waals surface area contributed by atoms with Crippen LogP contribution in [0.4, 0.5) is 0 Å². The lowest BCUT2D eigenvalue weighted by Gasteiger charge is -2.18. The van der Waals surface area contributed by atoms with Crippen molar-refractivity contribution in [2.75, 3.05) is 13.2 Å². The minimum absolute atomic E-state index is 0.0857. The summed E-state index contributed by atoms with van der Waals surface area (Å²) in [6.07, 6.45) is 69.8. The Morgan fingerprint density at radius 1 is 0.309 bits per heavy atom. The van der Waals surface area contributed by atoms with Crippen molar-refractivity contribution in [1.82, 2.24) is 0 Å². The first-order valence-electron chi connectivity index (χ1n) is 29.6. The van der Waals surface area contributed by atoms with Gasteiger partial charge >= 0.3 is 17.9 Å². The quantitative estimate of drug-likeness (QED) is 0.0262. The maximum Gasteiger partial charge on any atom is 0.306 e. The maximum atomic E-state index is 12.8. The Hall–Kier alpha value is -2.63. The topological polar surface area (TPSA) is 78.9 Å². The van der Waals surface area contributed by atoms with Crippen molar-refractivity contribution >= 4 is 17.9 Å². The van der Waals surface area contributed by atoms with Crippen molar-refractivity contribution in [1.29, 1.82) is 0 Å². The number of hydrogen-bond donors (Lipinski definition) is 0. The molecule has 0 N–H and O–H groups in total. The summed E-state index contributed by atoms with van der Waals surface area (Å²) in [5.74, 6) is -0.913. The average molecular weight is 954 g/mol. The second kappa shape index (κ2) is 57.0. The Labute approximate surface area is 422 Å². The number of rotatable bonds is 54. The Morgan fingerprint density at radius 2 is 0.574 bits per heavy atom. The van der Waals surface area contributed by atoms with Gasteiger partial charge in [-0.2, -0.15) is 0 Å². The van der Waals surface area contributed by atoms with Crippen LogP contribution in [0.1, 0.15) is 310 Å². The fraction of sp³-hybridized carbons (Fsp3) is 0.823. The highest BCUT2D eigenvalue weighted by Gasteiger charge is 2.19. The molecule has 0 aliphatic rings. The first kappa shape index (κ1) is 65.4. The molecule has 0 amide bonds. The molecule has 0 bridgehead atoms. The lowest BCUT2D eigenvalue weighted by molar-refractivity contribution is -0.167. The first-order chi connectivity index (χ1) is 33.5. The van der Waals surface area contributed by atoms with Crippen molar-refractivity contribution in [3.05, 3.63) is 48.6 Å². The number of esters is 3. The summed E-state index contributed by atoms with van der Waals surface area (Å²) in [5.41, 5.74) is 0. The zero-order valence-corrected chi connectivity index (χ0v) is 45.4. The van der Waals surface area contributed by atoms with E-state index in [-0.39, 0.29) is 37.5 Å². The van der Waals surface area contributed by atoms with Gasteiger partial charge in [0.05, 0.1) is 0 Å². The molecule has 0 saturated heterocycles. The fourth-order valence-corrected chi connectivity index (χ4v) is 8.67. The van der Waals surface area contributed by atoms with Gasteiger partial charge in [-0.1, -0.05) is 281 Å². The monoisotopic (exact) mass is 953 g/mol. The van der Waals surface area contributed by atoms with Crippen LogP contribution in [-0.2, 0) is 28.6 Å². The van der Waals surface area contributed by atoms with Gasteiger partial charge in [-0.15, -0.1) is 0 Å². The molecule has 0 radical (unpaired) electrons. The Balaban J connectivity index is 4.24. The lowest BCUT2D eigenvalue weighted by atomic mass is 10.0. The Kier molecular flexibility index (Phi) is 54.8. The van der Waals surface area contributed by atoms with E-state index in [0.717, 1.165) is 77.0 Å². The highest BCUT2D eigenvalue weighted by Crippen LogP contribution is 2.17. The van der Waals surface area contributed by atoms with Gasteiger partial charge in [-0.3, -0.25) is 14.4 Å². The second-order valence-corrected chi connectivity index (χ2v) is 19.9. The van der Waals surface area contributed by atoms with Gasteiger partial charge in [0.15, 0.2) is 6.10 Å². The summed E-state index contributed by atoms with van der Waals surface area (Å²) >= 11 is 0. The van der Waals surface area contributed by atoms with E-state index >= 15 is 0 Å². The van der Waals surface area contributed by atoms with E-state index in [2.05, 4.69) is 69.4 Å². The molecular weight excluding hydrogens is 841 g/mol. The van der Waals surface area contributed by atoms with Gasteiger partial charge in [-0.05, 0) is 57.8 Å². The molecule has 6 heteroatoms. The van der Waals surface area contributed by atoms with Crippen LogP contribution in [-0.4, -0.2) is 37.2 Å². The van der Waals surface area contributed by atoms with E-state index in [1.807, 2.05) is 0 Å². The molecule has 6 nitrogen and oxygen atoms in total.